The molecule has 1 heterocycles. The van der Waals surface area contributed by atoms with Crippen LogP contribution in [0.15, 0.2) is 84.9 Å². The molecule has 4 rings (SSSR count). The quantitative estimate of drug-likeness (QED) is 0.482. The zero-order chi connectivity index (χ0) is 20.9. The maximum atomic E-state index is 12.8. The number of carbonyl (C=O) groups is 2. The summed E-state index contributed by atoms with van der Waals surface area (Å²) in [6.45, 7) is 1.53. The molecule has 1 amide bonds. The highest BCUT2D eigenvalue weighted by Gasteiger charge is 2.16. The topological polar surface area (TPSA) is 68.3 Å². The van der Waals surface area contributed by atoms with E-state index in [1.54, 1.807) is 12.1 Å². The number of esters is 1. The van der Waals surface area contributed by atoms with Crippen molar-refractivity contribution in [1.29, 1.82) is 0 Å². The summed E-state index contributed by atoms with van der Waals surface area (Å²) in [5.41, 5.74) is 4.27. The number of anilines is 1. The normalized spacial score (nSPS) is 10.6. The Morgan fingerprint density at radius 3 is 2.40 bits per heavy atom. The number of ether oxygens (including phenoxy) is 1. The van der Waals surface area contributed by atoms with Gasteiger partial charge in [0.2, 0.25) is 0 Å². The van der Waals surface area contributed by atoms with Crippen LogP contribution in [0.4, 0.5) is 5.69 Å². The lowest BCUT2D eigenvalue weighted by Crippen LogP contribution is -2.21. The predicted octanol–water partition coefficient (Wildman–Crippen LogP) is 5.01. The lowest BCUT2D eigenvalue weighted by atomic mass is 10.0. The van der Waals surface area contributed by atoms with E-state index in [1.165, 1.54) is 0 Å². The van der Waals surface area contributed by atoms with Crippen molar-refractivity contribution in [2.75, 3.05) is 11.9 Å². The summed E-state index contributed by atoms with van der Waals surface area (Å²) in [6.07, 6.45) is 0. The van der Waals surface area contributed by atoms with E-state index in [4.69, 9.17) is 4.74 Å². The Hall–Kier alpha value is -3.99. The van der Waals surface area contributed by atoms with Crippen molar-refractivity contribution in [2.24, 2.45) is 0 Å². The SMILES string of the molecule is Cc1ccccc1NC(=O)COC(=O)c1cc(-c2ccccc2)nc2ccccc12. The number of nitrogens with one attached hydrogen (secondary N) is 1. The third-order valence-corrected chi connectivity index (χ3v) is 4.76. The summed E-state index contributed by atoms with van der Waals surface area (Å²) in [5, 5.41) is 3.44. The van der Waals surface area contributed by atoms with Crippen LogP contribution in [0.25, 0.3) is 22.2 Å². The summed E-state index contributed by atoms with van der Waals surface area (Å²) in [6, 6.07) is 26.1. The molecule has 0 atom stereocenters. The molecule has 0 bridgehead atoms. The van der Waals surface area contributed by atoms with Crippen molar-refractivity contribution in [3.63, 3.8) is 0 Å². The minimum absolute atomic E-state index is 0.371. The van der Waals surface area contributed by atoms with Crippen LogP contribution >= 0.6 is 0 Å². The molecule has 3 aromatic carbocycles. The number of aromatic nitrogens is 1. The first-order valence-electron chi connectivity index (χ1n) is 9.59. The van der Waals surface area contributed by atoms with Crippen LogP contribution in [-0.2, 0) is 9.53 Å². The number of nitrogens with zero attached hydrogens (tertiary/aromatic N) is 1. The Balaban J connectivity index is 1.57. The third-order valence-electron chi connectivity index (χ3n) is 4.76. The third kappa shape index (κ3) is 4.20. The van der Waals surface area contributed by atoms with Gasteiger partial charge < -0.3 is 10.1 Å². The summed E-state index contributed by atoms with van der Waals surface area (Å²) >= 11 is 0. The Labute approximate surface area is 174 Å². The lowest BCUT2D eigenvalue weighted by molar-refractivity contribution is -0.119. The van der Waals surface area contributed by atoms with Crippen LogP contribution < -0.4 is 5.32 Å². The van der Waals surface area contributed by atoms with Gasteiger partial charge in [-0.2, -0.15) is 0 Å². The minimum Gasteiger partial charge on any atom is -0.452 e. The molecule has 0 aliphatic rings. The standard InChI is InChI=1S/C25H20N2O3/c1-17-9-5-7-13-21(17)27-24(28)16-30-25(29)20-15-23(18-10-3-2-4-11-18)26-22-14-8-6-12-19(20)22/h2-15H,16H2,1H3,(H,27,28). The molecule has 0 saturated carbocycles. The van der Waals surface area contributed by atoms with Crippen LogP contribution in [0.1, 0.15) is 15.9 Å². The van der Waals surface area contributed by atoms with Gasteiger partial charge in [-0.05, 0) is 30.7 Å². The summed E-state index contributed by atoms with van der Waals surface area (Å²) in [7, 11) is 0. The fraction of sp³-hybridized carbons (Fsp3) is 0.0800. The predicted molar refractivity (Wildman–Crippen MR) is 117 cm³/mol. The Bertz CT molecular complexity index is 1220. The van der Waals surface area contributed by atoms with Gasteiger partial charge in [-0.25, -0.2) is 9.78 Å². The first kappa shape index (κ1) is 19.3. The molecule has 0 aliphatic carbocycles. The molecule has 1 N–H and O–H groups in total. The molecular weight excluding hydrogens is 376 g/mol. The van der Waals surface area contributed by atoms with Crippen molar-refractivity contribution in [3.05, 3.63) is 96.1 Å². The average molecular weight is 396 g/mol. The van der Waals surface area contributed by atoms with E-state index in [-0.39, 0.29) is 12.5 Å². The van der Waals surface area contributed by atoms with E-state index < -0.39 is 5.97 Å². The highest BCUT2D eigenvalue weighted by atomic mass is 16.5. The fourth-order valence-corrected chi connectivity index (χ4v) is 3.21. The van der Waals surface area contributed by atoms with Gasteiger partial charge in [-0.3, -0.25) is 4.79 Å². The minimum atomic E-state index is -0.564. The zero-order valence-electron chi connectivity index (χ0n) is 16.5. The van der Waals surface area contributed by atoms with Gasteiger partial charge in [0.1, 0.15) is 0 Å². The highest BCUT2D eigenvalue weighted by Crippen LogP contribution is 2.25. The molecule has 30 heavy (non-hydrogen) atoms. The number of carbonyl (C=O) groups excluding carboxylic acids is 2. The van der Waals surface area contributed by atoms with E-state index in [1.807, 2.05) is 79.7 Å². The molecule has 0 aliphatic heterocycles. The van der Waals surface area contributed by atoms with Crippen LogP contribution in [0.2, 0.25) is 0 Å². The van der Waals surface area contributed by atoms with Crippen LogP contribution in [-0.4, -0.2) is 23.5 Å². The van der Waals surface area contributed by atoms with Crippen LogP contribution in [0.3, 0.4) is 0 Å². The van der Waals surface area contributed by atoms with Crippen LogP contribution in [0, 0.1) is 6.92 Å². The van der Waals surface area contributed by atoms with Crippen molar-refractivity contribution >= 4 is 28.5 Å². The molecule has 0 spiro atoms. The molecule has 5 nitrogen and oxygen atoms in total. The van der Waals surface area contributed by atoms with E-state index >= 15 is 0 Å². The maximum Gasteiger partial charge on any atom is 0.339 e. The molecule has 1 aromatic heterocycles. The van der Waals surface area contributed by atoms with E-state index in [2.05, 4.69) is 10.3 Å². The van der Waals surface area contributed by atoms with Gasteiger partial charge >= 0.3 is 5.97 Å². The van der Waals surface area contributed by atoms with Crippen molar-refractivity contribution in [2.45, 2.75) is 6.92 Å². The van der Waals surface area contributed by atoms with Crippen LogP contribution in [0.5, 0.6) is 0 Å². The van der Waals surface area contributed by atoms with Gasteiger partial charge in [0, 0.05) is 16.6 Å². The molecule has 5 heteroatoms. The monoisotopic (exact) mass is 396 g/mol. The number of hydrogen-bond acceptors (Lipinski definition) is 4. The number of fused-ring (bicyclic) bond motifs is 1. The highest BCUT2D eigenvalue weighted by molar-refractivity contribution is 6.05. The van der Waals surface area contributed by atoms with Gasteiger partial charge in [-0.15, -0.1) is 0 Å². The molecule has 0 saturated heterocycles. The number of amides is 1. The fourth-order valence-electron chi connectivity index (χ4n) is 3.21. The van der Waals surface area contributed by atoms with Gasteiger partial charge in [0.25, 0.3) is 5.91 Å². The van der Waals surface area contributed by atoms with E-state index in [9.17, 15) is 9.59 Å². The number of benzene rings is 3. The maximum absolute atomic E-state index is 12.8. The van der Waals surface area contributed by atoms with E-state index in [0.717, 1.165) is 11.1 Å². The van der Waals surface area contributed by atoms with Crippen molar-refractivity contribution < 1.29 is 14.3 Å². The number of para-hydroxylation sites is 2. The van der Waals surface area contributed by atoms with Gasteiger partial charge in [0.15, 0.2) is 6.61 Å². The van der Waals surface area contributed by atoms with Gasteiger partial charge in [0.05, 0.1) is 16.8 Å². The first-order chi connectivity index (χ1) is 14.6. The Morgan fingerprint density at radius 2 is 1.60 bits per heavy atom. The number of aryl methyl sites for hydroxylation is 1. The molecule has 4 aromatic rings. The Kier molecular flexibility index (Phi) is 5.52. The second-order valence-electron chi connectivity index (χ2n) is 6.88. The smallest absolute Gasteiger partial charge is 0.339 e. The number of pyridine rings is 1. The summed E-state index contributed by atoms with van der Waals surface area (Å²) in [4.78, 5) is 29.8. The average Bonchev–Trinajstić information content (AvgIpc) is 2.79. The Morgan fingerprint density at radius 1 is 0.900 bits per heavy atom. The van der Waals surface area contributed by atoms with E-state index in [0.29, 0.717) is 27.8 Å². The van der Waals surface area contributed by atoms with Crippen molar-refractivity contribution in [1.82, 2.24) is 4.98 Å². The lowest BCUT2D eigenvalue weighted by Gasteiger charge is -2.11. The second kappa shape index (κ2) is 8.57. The molecule has 0 radical (unpaired) electrons. The summed E-state index contributed by atoms with van der Waals surface area (Å²) < 4.78 is 5.32. The molecular formula is C25H20N2O3. The zero-order valence-corrected chi connectivity index (χ0v) is 16.5. The largest absolute Gasteiger partial charge is 0.452 e. The number of hydrogen-bond donors (Lipinski definition) is 1. The second-order valence-corrected chi connectivity index (χ2v) is 6.88. The summed E-state index contributed by atoms with van der Waals surface area (Å²) in [5.74, 6) is -0.954. The number of rotatable bonds is 5. The van der Waals surface area contributed by atoms with Crippen molar-refractivity contribution in [3.8, 4) is 11.3 Å². The molecule has 148 valence electrons. The molecule has 0 fully saturated rings. The molecule has 0 unspecified atom stereocenters. The first-order valence-corrected chi connectivity index (χ1v) is 9.59. The van der Waals surface area contributed by atoms with Gasteiger partial charge in [-0.1, -0.05) is 66.7 Å².